The normalized spacial score (nSPS) is 17.1. The summed E-state index contributed by atoms with van der Waals surface area (Å²) in [4.78, 5) is 0. The van der Waals surface area contributed by atoms with Crippen molar-refractivity contribution in [3.63, 3.8) is 0 Å². The number of hydrogen-bond donors (Lipinski definition) is 1. The second kappa shape index (κ2) is 6.20. The molecule has 1 unspecified atom stereocenters. The highest BCUT2D eigenvalue weighted by molar-refractivity contribution is 5.22. The first-order valence-corrected chi connectivity index (χ1v) is 7.13. The van der Waals surface area contributed by atoms with Gasteiger partial charge in [0, 0.05) is 12.6 Å². The van der Waals surface area contributed by atoms with Crippen LogP contribution in [0, 0.1) is 5.92 Å². The van der Waals surface area contributed by atoms with Gasteiger partial charge in [-0.15, -0.1) is 0 Å². The molecule has 1 aromatic carbocycles. The van der Waals surface area contributed by atoms with Gasteiger partial charge in [0.1, 0.15) is 0 Å². The Morgan fingerprint density at radius 1 is 1.12 bits per heavy atom. The maximum absolute atomic E-state index is 3.69. The first kappa shape index (κ1) is 12.6. The van der Waals surface area contributed by atoms with Crippen molar-refractivity contribution >= 4 is 0 Å². The third-order valence-corrected chi connectivity index (χ3v) is 3.83. The Balaban J connectivity index is 1.78. The third-order valence-electron chi connectivity index (χ3n) is 3.83. The van der Waals surface area contributed by atoms with Crippen LogP contribution in [0.3, 0.4) is 0 Å². The fraction of sp³-hybridized carbons (Fsp3) is 0.625. The topological polar surface area (TPSA) is 12.0 Å². The molecule has 1 atom stereocenters. The van der Waals surface area contributed by atoms with E-state index >= 15 is 0 Å². The zero-order valence-corrected chi connectivity index (χ0v) is 11.2. The molecule has 17 heavy (non-hydrogen) atoms. The lowest BCUT2D eigenvalue weighted by molar-refractivity contribution is 0.445. The van der Waals surface area contributed by atoms with Crippen LogP contribution in [-0.2, 0) is 13.0 Å². The molecule has 0 aromatic heterocycles. The highest BCUT2D eigenvalue weighted by Gasteiger charge is 2.24. The van der Waals surface area contributed by atoms with E-state index in [1.807, 2.05) is 0 Å². The van der Waals surface area contributed by atoms with Crippen LogP contribution in [0.2, 0.25) is 0 Å². The molecule has 1 heteroatoms. The number of benzene rings is 1. The maximum atomic E-state index is 3.69. The van der Waals surface area contributed by atoms with Crippen LogP contribution < -0.4 is 5.32 Å². The number of hydrogen-bond acceptors (Lipinski definition) is 1. The van der Waals surface area contributed by atoms with E-state index in [1.54, 1.807) is 0 Å². The average Bonchev–Trinajstić information content (AvgIpc) is 3.19. The van der Waals surface area contributed by atoms with Crippen LogP contribution in [0.5, 0.6) is 0 Å². The Bertz CT molecular complexity index is 324. The predicted molar refractivity (Wildman–Crippen MR) is 74.1 cm³/mol. The van der Waals surface area contributed by atoms with E-state index in [0.29, 0.717) is 6.04 Å². The van der Waals surface area contributed by atoms with Crippen LogP contribution in [0.4, 0.5) is 0 Å². The molecule has 2 rings (SSSR count). The minimum absolute atomic E-state index is 0.716. The highest BCUT2D eigenvalue weighted by Crippen LogP contribution is 2.34. The lowest BCUT2D eigenvalue weighted by Gasteiger charge is -2.16. The second-order valence-corrected chi connectivity index (χ2v) is 5.34. The lowest BCUT2D eigenvalue weighted by atomic mass is 10.1. The van der Waals surface area contributed by atoms with Gasteiger partial charge < -0.3 is 5.32 Å². The first-order chi connectivity index (χ1) is 8.31. The molecule has 1 fully saturated rings. The number of aryl methyl sites for hydroxylation is 1. The van der Waals surface area contributed by atoms with Gasteiger partial charge in [-0.3, -0.25) is 0 Å². The summed E-state index contributed by atoms with van der Waals surface area (Å²) in [7, 11) is 0. The molecule has 0 spiro atoms. The van der Waals surface area contributed by atoms with Gasteiger partial charge in [0.2, 0.25) is 0 Å². The van der Waals surface area contributed by atoms with Crippen molar-refractivity contribution in [1.29, 1.82) is 0 Å². The van der Waals surface area contributed by atoms with E-state index in [-0.39, 0.29) is 0 Å². The SMILES string of the molecule is CCc1ccc(CNC(CC)CC2CC2)cc1. The van der Waals surface area contributed by atoms with Gasteiger partial charge in [-0.25, -0.2) is 0 Å². The van der Waals surface area contributed by atoms with Crippen molar-refractivity contribution in [3.05, 3.63) is 35.4 Å². The molecule has 0 radical (unpaired) electrons. The molecular formula is C16H25N. The minimum Gasteiger partial charge on any atom is -0.310 e. The zero-order valence-electron chi connectivity index (χ0n) is 11.2. The van der Waals surface area contributed by atoms with Gasteiger partial charge in [0.05, 0.1) is 0 Å². The van der Waals surface area contributed by atoms with E-state index in [4.69, 9.17) is 0 Å². The fourth-order valence-corrected chi connectivity index (χ4v) is 2.31. The van der Waals surface area contributed by atoms with Gasteiger partial charge >= 0.3 is 0 Å². The summed E-state index contributed by atoms with van der Waals surface area (Å²) in [6.07, 6.45) is 6.69. The molecule has 94 valence electrons. The molecule has 0 bridgehead atoms. The van der Waals surface area contributed by atoms with E-state index in [2.05, 4.69) is 43.4 Å². The van der Waals surface area contributed by atoms with Crippen LogP contribution >= 0.6 is 0 Å². The van der Waals surface area contributed by atoms with E-state index in [9.17, 15) is 0 Å². The molecule has 1 N–H and O–H groups in total. The lowest BCUT2D eigenvalue weighted by Crippen LogP contribution is -2.28. The quantitative estimate of drug-likeness (QED) is 0.750. The monoisotopic (exact) mass is 231 g/mol. The summed E-state index contributed by atoms with van der Waals surface area (Å²) in [5.41, 5.74) is 2.84. The minimum atomic E-state index is 0.716. The fourth-order valence-electron chi connectivity index (χ4n) is 2.31. The Labute approximate surface area is 106 Å². The first-order valence-electron chi connectivity index (χ1n) is 7.13. The largest absolute Gasteiger partial charge is 0.310 e. The summed E-state index contributed by atoms with van der Waals surface area (Å²) in [5, 5.41) is 3.69. The number of nitrogens with one attached hydrogen (secondary N) is 1. The summed E-state index contributed by atoms with van der Waals surface area (Å²) in [6, 6.07) is 9.73. The summed E-state index contributed by atoms with van der Waals surface area (Å²) < 4.78 is 0. The van der Waals surface area contributed by atoms with Gasteiger partial charge in [0.25, 0.3) is 0 Å². The molecule has 1 aliphatic carbocycles. The molecule has 0 saturated heterocycles. The van der Waals surface area contributed by atoms with Crippen molar-refractivity contribution < 1.29 is 0 Å². The maximum Gasteiger partial charge on any atom is 0.0208 e. The van der Waals surface area contributed by atoms with Crippen molar-refractivity contribution in [1.82, 2.24) is 5.32 Å². The standard InChI is InChI=1S/C16H25N/c1-3-13-5-9-15(10-6-13)12-17-16(4-2)11-14-7-8-14/h5-6,9-10,14,16-17H,3-4,7-8,11-12H2,1-2H3. The molecule has 1 aromatic rings. The second-order valence-electron chi connectivity index (χ2n) is 5.34. The highest BCUT2D eigenvalue weighted by atomic mass is 14.9. The predicted octanol–water partition coefficient (Wildman–Crippen LogP) is 3.92. The Hall–Kier alpha value is -0.820. The summed E-state index contributed by atoms with van der Waals surface area (Å²) in [5.74, 6) is 1.02. The molecule has 1 aliphatic rings. The molecule has 0 aliphatic heterocycles. The van der Waals surface area contributed by atoms with Crippen molar-refractivity contribution in [2.75, 3.05) is 0 Å². The average molecular weight is 231 g/mol. The number of rotatable bonds is 7. The van der Waals surface area contributed by atoms with Gasteiger partial charge in [-0.1, -0.05) is 51.0 Å². The Morgan fingerprint density at radius 2 is 1.76 bits per heavy atom. The Morgan fingerprint density at radius 3 is 2.29 bits per heavy atom. The zero-order chi connectivity index (χ0) is 12.1. The van der Waals surface area contributed by atoms with Gasteiger partial charge in [-0.2, -0.15) is 0 Å². The van der Waals surface area contributed by atoms with Crippen LogP contribution in [0.25, 0.3) is 0 Å². The van der Waals surface area contributed by atoms with Crippen LogP contribution in [-0.4, -0.2) is 6.04 Å². The van der Waals surface area contributed by atoms with Crippen LogP contribution in [0.1, 0.15) is 50.7 Å². The van der Waals surface area contributed by atoms with Crippen molar-refractivity contribution in [2.24, 2.45) is 5.92 Å². The third kappa shape index (κ3) is 4.16. The van der Waals surface area contributed by atoms with Gasteiger partial charge in [0.15, 0.2) is 0 Å². The van der Waals surface area contributed by atoms with E-state index < -0.39 is 0 Å². The summed E-state index contributed by atoms with van der Waals surface area (Å²) in [6.45, 7) is 5.52. The van der Waals surface area contributed by atoms with Gasteiger partial charge in [-0.05, 0) is 36.3 Å². The molecule has 1 nitrogen and oxygen atoms in total. The molecule has 1 saturated carbocycles. The molecular weight excluding hydrogens is 206 g/mol. The molecule has 0 amide bonds. The Kier molecular flexibility index (Phi) is 4.61. The summed E-state index contributed by atoms with van der Waals surface area (Å²) >= 11 is 0. The van der Waals surface area contributed by atoms with Crippen LogP contribution in [0.15, 0.2) is 24.3 Å². The molecule has 0 heterocycles. The smallest absolute Gasteiger partial charge is 0.0208 e. The van der Waals surface area contributed by atoms with Crippen molar-refractivity contribution in [3.8, 4) is 0 Å². The van der Waals surface area contributed by atoms with Crippen molar-refractivity contribution in [2.45, 2.75) is 58.5 Å². The van der Waals surface area contributed by atoms with E-state index in [0.717, 1.165) is 18.9 Å². The van der Waals surface area contributed by atoms with E-state index in [1.165, 1.54) is 36.8 Å².